The van der Waals surface area contributed by atoms with E-state index in [-0.39, 0.29) is 0 Å². The van der Waals surface area contributed by atoms with Crippen LogP contribution in [0.3, 0.4) is 0 Å². The summed E-state index contributed by atoms with van der Waals surface area (Å²) in [4.78, 5) is 5.43. The van der Waals surface area contributed by atoms with Crippen LogP contribution in [0.25, 0.3) is 27.8 Å². The second kappa shape index (κ2) is 7.72. The van der Waals surface area contributed by atoms with Crippen molar-refractivity contribution in [2.75, 3.05) is 0 Å². The fourth-order valence-electron chi connectivity index (χ4n) is 4.93. The standard InChI is InChI=1S/C30H24N3/c1-21-25-17-9-12-20-33(25)30(27(21)23-13-5-3-6-14-23)31-29-26-18-10-11-19-32(26)22(2)28(29)24-15-7-4-8-16-24/h3-20H,1-2H3/q+1. The van der Waals surface area contributed by atoms with Gasteiger partial charge in [0.2, 0.25) is 5.69 Å². The van der Waals surface area contributed by atoms with Crippen LogP contribution in [0.15, 0.2) is 114 Å². The van der Waals surface area contributed by atoms with Crippen LogP contribution in [-0.2, 0) is 0 Å². The van der Waals surface area contributed by atoms with Crippen molar-refractivity contribution in [3.05, 3.63) is 126 Å². The number of allylic oxidation sites excluding steroid dienone is 2. The summed E-state index contributed by atoms with van der Waals surface area (Å²) in [5.74, 6) is 0.961. The Morgan fingerprint density at radius 1 is 0.697 bits per heavy atom. The van der Waals surface area contributed by atoms with Gasteiger partial charge in [-0.1, -0.05) is 72.8 Å². The molecular formula is C30H24N3+. The van der Waals surface area contributed by atoms with Gasteiger partial charge in [-0.3, -0.25) is 0 Å². The predicted octanol–water partition coefficient (Wildman–Crippen LogP) is 6.72. The molecule has 0 radical (unpaired) electrons. The largest absolute Gasteiger partial charge is 0.337 e. The minimum absolute atomic E-state index is 0.961. The third kappa shape index (κ3) is 3.05. The maximum atomic E-state index is 5.43. The topological polar surface area (TPSA) is 20.6 Å². The minimum atomic E-state index is 0.961. The van der Waals surface area contributed by atoms with Gasteiger partial charge in [-0.05, 0) is 54.2 Å². The summed E-state index contributed by atoms with van der Waals surface area (Å²) in [6, 6.07) is 33.8. The van der Waals surface area contributed by atoms with Gasteiger partial charge in [0.15, 0.2) is 0 Å². The number of hydrogen-bond acceptors (Lipinski definition) is 1. The Hall–Kier alpha value is -4.24. The number of pyridine rings is 2. The van der Waals surface area contributed by atoms with E-state index in [0.717, 1.165) is 17.0 Å². The Bertz CT molecular complexity index is 1550. The maximum Gasteiger partial charge on any atom is 0.337 e. The van der Waals surface area contributed by atoms with Crippen molar-refractivity contribution >= 4 is 28.2 Å². The second-order valence-corrected chi connectivity index (χ2v) is 8.39. The first-order valence-electron chi connectivity index (χ1n) is 11.3. The molecule has 3 nitrogen and oxygen atoms in total. The molecule has 6 rings (SSSR count). The number of benzene rings is 2. The summed E-state index contributed by atoms with van der Waals surface area (Å²) in [6.45, 7) is 4.37. The molecule has 0 saturated heterocycles. The number of fused-ring (bicyclic) bond motifs is 2. The van der Waals surface area contributed by atoms with Crippen LogP contribution in [0, 0.1) is 6.92 Å². The molecule has 0 amide bonds. The summed E-state index contributed by atoms with van der Waals surface area (Å²) in [5.41, 5.74) is 10.4. The van der Waals surface area contributed by atoms with Crippen LogP contribution in [0.4, 0.5) is 5.69 Å². The molecule has 5 aromatic rings. The summed E-state index contributed by atoms with van der Waals surface area (Å²) in [5, 5.41) is 0. The number of hydrogen-bond donors (Lipinski definition) is 0. The lowest BCUT2D eigenvalue weighted by atomic mass is 10.0. The van der Waals surface area contributed by atoms with E-state index in [1.54, 1.807) is 0 Å². The third-order valence-electron chi connectivity index (χ3n) is 6.48. The Morgan fingerprint density at radius 2 is 1.36 bits per heavy atom. The molecule has 158 valence electrons. The summed E-state index contributed by atoms with van der Waals surface area (Å²) in [6.07, 6.45) is 4.23. The van der Waals surface area contributed by atoms with Gasteiger partial charge in [-0.25, -0.2) is 0 Å². The Labute approximate surface area is 193 Å². The van der Waals surface area contributed by atoms with Crippen molar-refractivity contribution < 1.29 is 4.57 Å². The van der Waals surface area contributed by atoms with Gasteiger partial charge in [0.05, 0.1) is 22.9 Å². The minimum Gasteiger partial charge on any atom is -0.317 e. The summed E-state index contributed by atoms with van der Waals surface area (Å²) < 4.78 is 4.46. The van der Waals surface area contributed by atoms with Gasteiger partial charge in [-0.2, -0.15) is 4.57 Å². The molecule has 4 heterocycles. The smallest absolute Gasteiger partial charge is 0.317 e. The van der Waals surface area contributed by atoms with Crippen molar-refractivity contribution in [1.82, 2.24) is 4.40 Å². The molecule has 0 aliphatic carbocycles. The van der Waals surface area contributed by atoms with Crippen LogP contribution in [-0.4, -0.2) is 10.2 Å². The zero-order chi connectivity index (χ0) is 22.4. The van der Waals surface area contributed by atoms with Gasteiger partial charge in [0, 0.05) is 17.5 Å². The molecule has 1 aliphatic rings. The molecule has 0 N–H and O–H groups in total. The molecule has 3 heteroatoms. The molecule has 0 spiro atoms. The molecule has 33 heavy (non-hydrogen) atoms. The molecule has 0 atom stereocenters. The molecule has 2 aromatic carbocycles. The first kappa shape index (κ1) is 19.4. The van der Waals surface area contributed by atoms with Gasteiger partial charge in [0.1, 0.15) is 5.69 Å². The van der Waals surface area contributed by atoms with Crippen molar-refractivity contribution in [3.8, 4) is 11.1 Å². The lowest BCUT2D eigenvalue weighted by molar-refractivity contribution is -0.553. The van der Waals surface area contributed by atoms with Crippen molar-refractivity contribution in [2.24, 2.45) is 4.99 Å². The molecule has 0 unspecified atom stereocenters. The molecule has 0 saturated carbocycles. The number of aliphatic imine (C=N–C) groups is 1. The highest BCUT2D eigenvalue weighted by Crippen LogP contribution is 2.41. The van der Waals surface area contributed by atoms with E-state index < -0.39 is 0 Å². The molecule has 3 aromatic heterocycles. The number of aromatic nitrogens is 2. The van der Waals surface area contributed by atoms with Crippen LogP contribution in [0.2, 0.25) is 0 Å². The number of rotatable bonds is 3. The van der Waals surface area contributed by atoms with E-state index in [1.807, 2.05) is 0 Å². The Kier molecular flexibility index (Phi) is 4.55. The van der Waals surface area contributed by atoms with Crippen molar-refractivity contribution in [2.45, 2.75) is 13.8 Å². The monoisotopic (exact) mass is 426 g/mol. The van der Waals surface area contributed by atoms with E-state index in [4.69, 9.17) is 4.99 Å². The first-order chi connectivity index (χ1) is 16.2. The molecule has 1 aliphatic heterocycles. The van der Waals surface area contributed by atoms with Crippen molar-refractivity contribution in [3.63, 3.8) is 0 Å². The van der Waals surface area contributed by atoms with Gasteiger partial charge in [-0.15, -0.1) is 0 Å². The van der Waals surface area contributed by atoms with E-state index in [0.29, 0.717) is 0 Å². The first-order valence-corrected chi connectivity index (χ1v) is 11.3. The maximum absolute atomic E-state index is 5.43. The average Bonchev–Trinajstić information content (AvgIpc) is 3.32. The van der Waals surface area contributed by atoms with E-state index in [2.05, 4.69) is 132 Å². The number of nitrogens with zero attached hydrogens (tertiary/aromatic N) is 3. The van der Waals surface area contributed by atoms with Gasteiger partial charge >= 0.3 is 5.84 Å². The quantitative estimate of drug-likeness (QED) is 0.285. The normalized spacial score (nSPS) is 14.3. The van der Waals surface area contributed by atoms with Gasteiger partial charge in [0.25, 0.3) is 0 Å². The van der Waals surface area contributed by atoms with Crippen molar-refractivity contribution in [1.29, 1.82) is 0 Å². The van der Waals surface area contributed by atoms with E-state index in [1.165, 1.54) is 39.2 Å². The Morgan fingerprint density at radius 3 is 2.12 bits per heavy atom. The lowest BCUT2D eigenvalue weighted by Crippen LogP contribution is -2.42. The summed E-state index contributed by atoms with van der Waals surface area (Å²) >= 11 is 0. The van der Waals surface area contributed by atoms with Crippen LogP contribution in [0.5, 0.6) is 0 Å². The number of aryl methyl sites for hydroxylation is 1. The highest BCUT2D eigenvalue weighted by Gasteiger charge is 2.35. The SMILES string of the molecule is CC1=C(c2ccccc2)/C(=N/c2c(-c3ccccc3)c(C)n3ccccc23)[n+]2ccccc21. The summed E-state index contributed by atoms with van der Waals surface area (Å²) in [7, 11) is 0. The van der Waals surface area contributed by atoms with E-state index in [9.17, 15) is 0 Å². The molecular weight excluding hydrogens is 402 g/mol. The fourth-order valence-corrected chi connectivity index (χ4v) is 4.93. The molecule has 0 fully saturated rings. The van der Waals surface area contributed by atoms with Crippen LogP contribution < -0.4 is 4.57 Å². The Balaban J connectivity index is 1.69. The molecule has 0 bridgehead atoms. The van der Waals surface area contributed by atoms with Gasteiger partial charge < -0.3 is 4.40 Å². The lowest BCUT2D eigenvalue weighted by Gasteiger charge is -2.03. The van der Waals surface area contributed by atoms with Crippen LogP contribution in [0.1, 0.15) is 23.9 Å². The predicted molar refractivity (Wildman–Crippen MR) is 136 cm³/mol. The van der Waals surface area contributed by atoms with Crippen LogP contribution >= 0.6 is 0 Å². The second-order valence-electron chi connectivity index (χ2n) is 8.39. The third-order valence-corrected chi connectivity index (χ3v) is 6.48. The highest BCUT2D eigenvalue weighted by molar-refractivity contribution is 6.28. The zero-order valence-corrected chi connectivity index (χ0v) is 18.7. The van der Waals surface area contributed by atoms with E-state index >= 15 is 0 Å². The fraction of sp³-hybridized carbons (Fsp3) is 0.0667. The highest BCUT2D eigenvalue weighted by atomic mass is 15.1. The zero-order valence-electron chi connectivity index (χ0n) is 18.7. The average molecular weight is 427 g/mol.